The Morgan fingerprint density at radius 2 is 2.00 bits per heavy atom. The second-order valence-electron chi connectivity index (χ2n) is 6.05. The monoisotopic (exact) mass is 345 g/mol. The van der Waals surface area contributed by atoms with Crippen molar-refractivity contribution in [2.24, 2.45) is 5.92 Å². The third-order valence-electron chi connectivity index (χ3n) is 3.74. The van der Waals surface area contributed by atoms with Crippen LogP contribution in [0.5, 0.6) is 0 Å². The summed E-state index contributed by atoms with van der Waals surface area (Å²) in [5.74, 6) is 0.114. The molecule has 1 aromatic heterocycles. The first kappa shape index (κ1) is 18.3. The average Bonchev–Trinajstić information content (AvgIpc) is 2.98. The van der Waals surface area contributed by atoms with Gasteiger partial charge in [-0.3, -0.25) is 14.2 Å². The summed E-state index contributed by atoms with van der Waals surface area (Å²) in [6.45, 7) is 7.38. The molecule has 0 saturated heterocycles. The molecule has 24 heavy (non-hydrogen) atoms. The van der Waals surface area contributed by atoms with Crippen LogP contribution in [0, 0.1) is 12.8 Å². The number of nitrogens with zero attached hydrogens (tertiary/aromatic N) is 2. The Labute approximate surface area is 146 Å². The Morgan fingerprint density at radius 3 is 2.62 bits per heavy atom. The van der Waals surface area contributed by atoms with E-state index in [-0.39, 0.29) is 23.4 Å². The topological polar surface area (TPSA) is 64.0 Å². The van der Waals surface area contributed by atoms with E-state index >= 15 is 0 Å². The van der Waals surface area contributed by atoms with Gasteiger partial charge in [0.15, 0.2) is 10.9 Å². The number of rotatable bonds is 7. The lowest BCUT2D eigenvalue weighted by Crippen LogP contribution is -2.44. The Bertz CT molecular complexity index is 725. The largest absolute Gasteiger partial charge is 0.345 e. The molecule has 0 radical (unpaired) electrons. The number of hydrogen-bond acceptors (Lipinski definition) is 4. The van der Waals surface area contributed by atoms with Gasteiger partial charge in [-0.1, -0.05) is 43.8 Å². The first-order chi connectivity index (χ1) is 11.4. The molecule has 0 aliphatic heterocycles. The zero-order valence-corrected chi connectivity index (χ0v) is 15.3. The molecule has 6 heteroatoms. The lowest BCUT2D eigenvalue weighted by Gasteiger charge is -2.19. The van der Waals surface area contributed by atoms with Crippen LogP contribution >= 0.6 is 11.8 Å². The third-order valence-corrected chi connectivity index (χ3v) is 4.70. The second-order valence-corrected chi connectivity index (χ2v) is 7.00. The lowest BCUT2D eigenvalue weighted by atomic mass is 10.0. The Kier molecular flexibility index (Phi) is 6.20. The fourth-order valence-corrected chi connectivity index (χ4v) is 3.27. The molecule has 1 unspecified atom stereocenters. The van der Waals surface area contributed by atoms with Crippen LogP contribution in [0.3, 0.4) is 0 Å². The predicted molar refractivity (Wildman–Crippen MR) is 96.5 cm³/mol. The standard InChI is InChI=1S/C18H23N3O2S/c1-12(2)17(14(4)22)20-16(23)11-24-18-19-9-10-21(18)15-8-6-5-7-13(15)3/h5-10,12,17H,11H2,1-4H3,(H,20,23). The number of carbonyl (C=O) groups is 2. The minimum atomic E-state index is -0.436. The van der Waals surface area contributed by atoms with Crippen molar-refractivity contribution in [2.75, 3.05) is 5.75 Å². The van der Waals surface area contributed by atoms with Crippen LogP contribution < -0.4 is 5.32 Å². The number of hydrogen-bond donors (Lipinski definition) is 1. The number of imidazole rings is 1. The SMILES string of the molecule is CC(=O)C(NC(=O)CSc1nccn1-c1ccccc1C)C(C)C. The highest BCUT2D eigenvalue weighted by Gasteiger charge is 2.21. The number of aromatic nitrogens is 2. The van der Waals surface area contributed by atoms with Crippen molar-refractivity contribution in [3.8, 4) is 5.69 Å². The number of thioether (sulfide) groups is 1. The maximum absolute atomic E-state index is 12.2. The second kappa shape index (κ2) is 8.15. The minimum Gasteiger partial charge on any atom is -0.345 e. The molecule has 5 nitrogen and oxygen atoms in total. The van der Waals surface area contributed by atoms with Gasteiger partial charge in [-0.2, -0.15) is 0 Å². The molecule has 1 amide bonds. The normalized spacial score (nSPS) is 12.2. The molecular formula is C18H23N3O2S. The third kappa shape index (κ3) is 4.47. The number of benzene rings is 1. The number of Topliss-reactive ketones (excluding diaryl/α,β-unsaturated/α-hetero) is 1. The first-order valence-corrected chi connectivity index (χ1v) is 8.90. The summed E-state index contributed by atoms with van der Waals surface area (Å²) in [6, 6.07) is 7.59. The van der Waals surface area contributed by atoms with E-state index in [0.29, 0.717) is 0 Å². The molecule has 1 aromatic carbocycles. The summed E-state index contributed by atoms with van der Waals surface area (Å²) in [7, 11) is 0. The molecule has 0 bridgehead atoms. The number of para-hydroxylation sites is 1. The summed E-state index contributed by atoms with van der Waals surface area (Å²) in [4.78, 5) is 28.1. The Balaban J connectivity index is 2.04. The smallest absolute Gasteiger partial charge is 0.231 e. The van der Waals surface area contributed by atoms with Crippen molar-refractivity contribution >= 4 is 23.5 Å². The van der Waals surface area contributed by atoms with E-state index in [1.165, 1.54) is 18.7 Å². The fourth-order valence-electron chi connectivity index (χ4n) is 2.50. The maximum atomic E-state index is 12.2. The highest BCUT2D eigenvalue weighted by atomic mass is 32.2. The van der Waals surface area contributed by atoms with Gasteiger partial charge in [0.1, 0.15) is 0 Å². The van der Waals surface area contributed by atoms with E-state index < -0.39 is 6.04 Å². The van der Waals surface area contributed by atoms with Crippen molar-refractivity contribution in [1.29, 1.82) is 0 Å². The molecule has 0 saturated carbocycles. The van der Waals surface area contributed by atoms with Crippen LogP contribution in [0.4, 0.5) is 0 Å². The number of aryl methyl sites for hydroxylation is 1. The molecule has 2 rings (SSSR count). The van der Waals surface area contributed by atoms with Gasteiger partial charge in [-0.05, 0) is 31.4 Å². The minimum absolute atomic E-state index is 0.0234. The van der Waals surface area contributed by atoms with Crippen molar-refractivity contribution in [3.05, 3.63) is 42.2 Å². The Hall–Kier alpha value is -2.08. The average molecular weight is 345 g/mol. The zero-order chi connectivity index (χ0) is 17.7. The Morgan fingerprint density at radius 1 is 1.29 bits per heavy atom. The highest BCUT2D eigenvalue weighted by molar-refractivity contribution is 7.99. The molecule has 1 heterocycles. The van der Waals surface area contributed by atoms with Crippen molar-refractivity contribution in [1.82, 2.24) is 14.9 Å². The molecule has 2 aromatic rings. The lowest BCUT2D eigenvalue weighted by molar-refractivity contribution is -0.126. The molecule has 0 aliphatic carbocycles. The number of nitrogens with one attached hydrogen (secondary N) is 1. The van der Waals surface area contributed by atoms with E-state index in [4.69, 9.17) is 0 Å². The number of carbonyl (C=O) groups excluding carboxylic acids is 2. The van der Waals surface area contributed by atoms with Crippen LogP contribution in [0.15, 0.2) is 41.8 Å². The van der Waals surface area contributed by atoms with Gasteiger partial charge in [0.2, 0.25) is 5.91 Å². The molecule has 128 valence electrons. The molecule has 0 aliphatic rings. The molecule has 0 fully saturated rings. The van der Waals surface area contributed by atoms with Gasteiger partial charge in [-0.15, -0.1) is 0 Å². The van der Waals surface area contributed by atoms with Crippen molar-refractivity contribution in [2.45, 2.75) is 38.9 Å². The van der Waals surface area contributed by atoms with E-state index in [0.717, 1.165) is 16.4 Å². The summed E-state index contributed by atoms with van der Waals surface area (Å²) >= 11 is 1.36. The van der Waals surface area contributed by atoms with Gasteiger partial charge in [0.25, 0.3) is 0 Å². The van der Waals surface area contributed by atoms with E-state index in [1.807, 2.05) is 55.8 Å². The summed E-state index contributed by atoms with van der Waals surface area (Å²) in [5.41, 5.74) is 2.18. The molecule has 0 spiro atoms. The van der Waals surface area contributed by atoms with Crippen molar-refractivity contribution in [3.63, 3.8) is 0 Å². The first-order valence-electron chi connectivity index (χ1n) is 7.92. The molecule has 1 atom stereocenters. The maximum Gasteiger partial charge on any atom is 0.231 e. The van der Waals surface area contributed by atoms with Gasteiger partial charge in [0, 0.05) is 12.4 Å². The number of ketones is 1. The fraction of sp³-hybridized carbons (Fsp3) is 0.389. The zero-order valence-electron chi connectivity index (χ0n) is 14.4. The van der Waals surface area contributed by atoms with E-state index in [2.05, 4.69) is 10.3 Å². The van der Waals surface area contributed by atoms with Crippen LogP contribution in [0.2, 0.25) is 0 Å². The summed E-state index contributed by atoms with van der Waals surface area (Å²) in [6.07, 6.45) is 3.61. The van der Waals surface area contributed by atoms with Gasteiger partial charge < -0.3 is 5.32 Å². The van der Waals surface area contributed by atoms with Crippen molar-refractivity contribution < 1.29 is 9.59 Å². The van der Waals surface area contributed by atoms with E-state index in [1.54, 1.807) is 6.20 Å². The highest BCUT2D eigenvalue weighted by Crippen LogP contribution is 2.22. The molecular weight excluding hydrogens is 322 g/mol. The van der Waals surface area contributed by atoms with Crippen LogP contribution in [0.25, 0.3) is 5.69 Å². The van der Waals surface area contributed by atoms with Crippen LogP contribution in [-0.2, 0) is 9.59 Å². The predicted octanol–water partition coefficient (Wildman–Crippen LogP) is 3.00. The van der Waals surface area contributed by atoms with E-state index in [9.17, 15) is 9.59 Å². The number of amides is 1. The summed E-state index contributed by atoms with van der Waals surface area (Å²) in [5, 5.41) is 3.56. The summed E-state index contributed by atoms with van der Waals surface area (Å²) < 4.78 is 1.97. The molecule has 1 N–H and O–H groups in total. The van der Waals surface area contributed by atoms with Crippen LogP contribution in [0.1, 0.15) is 26.3 Å². The van der Waals surface area contributed by atoms with Gasteiger partial charge in [0.05, 0.1) is 17.5 Å². The van der Waals surface area contributed by atoms with Gasteiger partial charge >= 0.3 is 0 Å². The van der Waals surface area contributed by atoms with Crippen LogP contribution in [-0.4, -0.2) is 33.0 Å². The quantitative estimate of drug-likeness (QED) is 0.784. The van der Waals surface area contributed by atoms with Gasteiger partial charge in [-0.25, -0.2) is 4.98 Å².